The van der Waals surface area contributed by atoms with E-state index < -0.39 is 0 Å². The fraction of sp³-hybridized carbons (Fsp3) is 0. The van der Waals surface area contributed by atoms with Crippen molar-refractivity contribution in [1.29, 1.82) is 0 Å². The third-order valence-corrected chi connectivity index (χ3v) is 2.12. The number of furan rings is 1. The first-order valence-electron chi connectivity index (χ1n) is 4.16. The molecule has 0 aliphatic heterocycles. The average molecular weight is 185 g/mol. The lowest BCUT2D eigenvalue weighted by Gasteiger charge is -1.93. The molecule has 0 fully saturated rings. The minimum Gasteiger partial charge on any atom is -0.464 e. The zero-order chi connectivity index (χ0) is 9.54. The summed E-state index contributed by atoms with van der Waals surface area (Å²) in [6.45, 7) is 0. The molecule has 0 atom stereocenters. The summed E-state index contributed by atoms with van der Waals surface area (Å²) in [5, 5.41) is 1.25. The van der Waals surface area contributed by atoms with Crippen LogP contribution >= 0.6 is 0 Å². The van der Waals surface area contributed by atoms with E-state index in [1.807, 2.05) is 0 Å². The molecule has 67 valence electrons. The third-order valence-electron chi connectivity index (χ3n) is 2.12. The van der Waals surface area contributed by atoms with Crippen molar-refractivity contribution in [2.75, 3.05) is 0 Å². The highest BCUT2D eigenvalue weighted by Crippen LogP contribution is 2.20. The first-order chi connectivity index (χ1) is 6.84. The van der Waals surface area contributed by atoms with Gasteiger partial charge in [-0.25, -0.2) is 0 Å². The van der Waals surface area contributed by atoms with Gasteiger partial charge >= 0.3 is 0 Å². The van der Waals surface area contributed by atoms with Crippen LogP contribution in [-0.2, 0) is 0 Å². The van der Waals surface area contributed by atoms with Gasteiger partial charge in [0.2, 0.25) is 0 Å². The maximum Gasteiger partial charge on any atom is 0.193 e. The van der Waals surface area contributed by atoms with E-state index >= 15 is 0 Å². The van der Waals surface area contributed by atoms with Crippen molar-refractivity contribution in [2.45, 2.75) is 0 Å². The van der Waals surface area contributed by atoms with Crippen LogP contribution in [-0.4, -0.2) is 0 Å². The first kappa shape index (κ1) is 7.38. The molecule has 0 spiro atoms. The van der Waals surface area contributed by atoms with Crippen molar-refractivity contribution in [2.24, 2.45) is 0 Å². The highest BCUT2D eigenvalue weighted by molar-refractivity contribution is 5.91. The van der Waals surface area contributed by atoms with Crippen molar-refractivity contribution in [1.82, 2.24) is 0 Å². The Labute approximate surface area is 78.6 Å². The molecule has 2 heterocycles. The Morgan fingerprint density at radius 1 is 1.07 bits per heavy atom. The van der Waals surface area contributed by atoms with Crippen molar-refractivity contribution in [3.63, 3.8) is 0 Å². The third kappa shape index (κ3) is 0.893. The zero-order valence-corrected chi connectivity index (χ0v) is 7.11. The normalized spacial score (nSPS) is 11.1. The Bertz CT molecular complexity index is 661. The standard InChI is InChI=1S/C11H5O3/c12-9-2-4-14-11-6-10-7(1-3-13-10)5-8(9)11/h1-4,6H. The summed E-state index contributed by atoms with van der Waals surface area (Å²) < 4.78 is 10.4. The molecule has 0 saturated carbocycles. The first-order valence-corrected chi connectivity index (χ1v) is 4.16. The second kappa shape index (κ2) is 2.48. The lowest BCUT2D eigenvalue weighted by molar-refractivity contribution is 0.595. The number of rotatable bonds is 0. The number of hydrogen-bond donors (Lipinski definition) is 0. The highest BCUT2D eigenvalue weighted by Gasteiger charge is 2.04. The minimum atomic E-state index is -0.0886. The van der Waals surface area contributed by atoms with Gasteiger partial charge in [-0.15, -0.1) is 0 Å². The van der Waals surface area contributed by atoms with Crippen molar-refractivity contribution in [3.8, 4) is 0 Å². The van der Waals surface area contributed by atoms with Gasteiger partial charge in [0.1, 0.15) is 11.2 Å². The molecule has 0 aliphatic rings. The molecule has 3 heteroatoms. The van der Waals surface area contributed by atoms with Crippen LogP contribution in [0.5, 0.6) is 0 Å². The van der Waals surface area contributed by atoms with Crippen LogP contribution in [0.15, 0.2) is 44.4 Å². The van der Waals surface area contributed by atoms with Gasteiger partial charge in [0.05, 0.1) is 17.9 Å². The van der Waals surface area contributed by atoms with E-state index in [1.165, 1.54) is 12.3 Å². The van der Waals surface area contributed by atoms with Gasteiger partial charge in [0.15, 0.2) is 5.43 Å². The Morgan fingerprint density at radius 3 is 2.79 bits per heavy atom. The van der Waals surface area contributed by atoms with Crippen LogP contribution in [0.4, 0.5) is 0 Å². The van der Waals surface area contributed by atoms with Crippen LogP contribution in [0.3, 0.4) is 0 Å². The van der Waals surface area contributed by atoms with E-state index in [9.17, 15) is 4.79 Å². The second-order valence-corrected chi connectivity index (χ2v) is 2.99. The molecule has 0 bridgehead atoms. The van der Waals surface area contributed by atoms with Gasteiger partial charge in [-0.1, -0.05) is 0 Å². The summed E-state index contributed by atoms with van der Waals surface area (Å²) in [5.74, 6) is 0. The second-order valence-electron chi connectivity index (χ2n) is 2.99. The summed E-state index contributed by atoms with van der Waals surface area (Å²) in [4.78, 5) is 11.4. The highest BCUT2D eigenvalue weighted by atomic mass is 16.3. The average Bonchev–Trinajstić information content (AvgIpc) is 2.62. The van der Waals surface area contributed by atoms with E-state index in [0.29, 0.717) is 16.6 Å². The molecule has 0 aliphatic carbocycles. The van der Waals surface area contributed by atoms with Gasteiger partial charge in [-0.2, -0.15) is 0 Å². The molecule has 3 aromatic rings. The van der Waals surface area contributed by atoms with E-state index in [1.54, 1.807) is 18.4 Å². The van der Waals surface area contributed by atoms with Crippen molar-refractivity contribution < 1.29 is 8.83 Å². The van der Waals surface area contributed by atoms with E-state index in [2.05, 4.69) is 6.07 Å². The minimum absolute atomic E-state index is 0.0886. The summed E-state index contributed by atoms with van der Waals surface area (Å²) in [6, 6.07) is 7.80. The lowest BCUT2D eigenvalue weighted by Crippen LogP contribution is -1.97. The summed E-state index contributed by atoms with van der Waals surface area (Å²) in [5.41, 5.74) is 1.08. The van der Waals surface area contributed by atoms with Crippen LogP contribution in [0, 0.1) is 6.07 Å². The molecule has 3 nitrogen and oxygen atoms in total. The largest absolute Gasteiger partial charge is 0.464 e. The molecule has 0 saturated heterocycles. The van der Waals surface area contributed by atoms with E-state index in [-0.39, 0.29) is 5.43 Å². The maximum atomic E-state index is 11.4. The van der Waals surface area contributed by atoms with Crippen LogP contribution in [0.25, 0.3) is 21.9 Å². The van der Waals surface area contributed by atoms with Gasteiger partial charge in [-0.3, -0.25) is 4.79 Å². The van der Waals surface area contributed by atoms with Crippen LogP contribution in [0.2, 0.25) is 0 Å². The number of benzene rings is 1. The molecule has 1 aromatic carbocycles. The maximum absolute atomic E-state index is 11.4. The summed E-state index contributed by atoms with van der Waals surface area (Å²) >= 11 is 0. The van der Waals surface area contributed by atoms with E-state index in [0.717, 1.165) is 5.39 Å². The lowest BCUT2D eigenvalue weighted by atomic mass is 10.2. The predicted molar refractivity (Wildman–Crippen MR) is 51.1 cm³/mol. The molecule has 2 aromatic heterocycles. The fourth-order valence-electron chi connectivity index (χ4n) is 1.45. The van der Waals surface area contributed by atoms with E-state index in [4.69, 9.17) is 8.83 Å². The van der Waals surface area contributed by atoms with Crippen LogP contribution in [0.1, 0.15) is 0 Å². The molecule has 0 amide bonds. The predicted octanol–water partition coefficient (Wildman–Crippen LogP) is 2.34. The Kier molecular flexibility index (Phi) is 1.31. The number of fused-ring (bicyclic) bond motifs is 2. The van der Waals surface area contributed by atoms with Crippen LogP contribution < -0.4 is 5.43 Å². The molecular weight excluding hydrogens is 180 g/mol. The monoisotopic (exact) mass is 185 g/mol. The SMILES string of the molecule is O=c1ccoc2cc3occc3[c]c12. The summed E-state index contributed by atoms with van der Waals surface area (Å²) in [7, 11) is 0. The molecule has 14 heavy (non-hydrogen) atoms. The zero-order valence-electron chi connectivity index (χ0n) is 7.11. The Morgan fingerprint density at radius 2 is 1.86 bits per heavy atom. The van der Waals surface area contributed by atoms with Gasteiger partial charge in [0.25, 0.3) is 0 Å². The Balaban J connectivity index is 2.63. The molecule has 0 unspecified atom stereocenters. The summed E-state index contributed by atoms with van der Waals surface area (Å²) in [6.07, 6.45) is 2.93. The topological polar surface area (TPSA) is 43.4 Å². The fourth-order valence-corrected chi connectivity index (χ4v) is 1.45. The van der Waals surface area contributed by atoms with Gasteiger partial charge in [0, 0.05) is 23.6 Å². The molecule has 0 N–H and O–H groups in total. The smallest absolute Gasteiger partial charge is 0.193 e. The van der Waals surface area contributed by atoms with Crippen molar-refractivity contribution in [3.05, 3.63) is 47.0 Å². The molecular formula is C11H5O3. The number of hydrogen-bond acceptors (Lipinski definition) is 3. The van der Waals surface area contributed by atoms with Gasteiger partial charge in [-0.05, 0) is 6.07 Å². The van der Waals surface area contributed by atoms with Gasteiger partial charge < -0.3 is 8.83 Å². The van der Waals surface area contributed by atoms with Crippen molar-refractivity contribution >= 4 is 21.9 Å². The molecule has 1 radical (unpaired) electrons. The quantitative estimate of drug-likeness (QED) is 0.539. The Hall–Kier alpha value is -2.03. The molecule has 3 rings (SSSR count).